The number of hydrogen-bond acceptors (Lipinski definition) is 1. The van der Waals surface area contributed by atoms with Crippen LogP contribution in [0.4, 0.5) is 0 Å². The first-order valence-electron chi connectivity index (χ1n) is 5.42. The zero-order valence-electron chi connectivity index (χ0n) is 9.42. The molecule has 1 aliphatic carbocycles. The Balaban J connectivity index is 2.28. The van der Waals surface area contributed by atoms with Crippen LogP contribution >= 0.6 is 0 Å². The molecule has 15 heavy (non-hydrogen) atoms. The molecular formula is C13H17NO. The molecule has 2 heteroatoms. The molecule has 0 radical (unpaired) electrons. The SMILES string of the molecule is C=CC1=C(/C=C\C)C(=O)N(C2(C)CC2)C1. The van der Waals surface area contributed by atoms with Crippen LogP contribution in [0.15, 0.2) is 36.0 Å². The zero-order chi connectivity index (χ0) is 11.1. The molecule has 2 rings (SSSR count). The van der Waals surface area contributed by atoms with Crippen LogP contribution in [0.25, 0.3) is 0 Å². The van der Waals surface area contributed by atoms with E-state index in [-0.39, 0.29) is 11.4 Å². The van der Waals surface area contributed by atoms with E-state index >= 15 is 0 Å². The molecule has 0 aromatic rings. The van der Waals surface area contributed by atoms with Gasteiger partial charge in [0.05, 0.1) is 0 Å². The maximum atomic E-state index is 12.1. The summed E-state index contributed by atoms with van der Waals surface area (Å²) in [6.45, 7) is 8.60. The molecule has 2 nitrogen and oxygen atoms in total. The van der Waals surface area contributed by atoms with Gasteiger partial charge in [-0.2, -0.15) is 0 Å². The van der Waals surface area contributed by atoms with Gasteiger partial charge < -0.3 is 4.90 Å². The molecule has 0 saturated heterocycles. The van der Waals surface area contributed by atoms with Crippen molar-refractivity contribution in [3.63, 3.8) is 0 Å². The molecule has 1 amide bonds. The summed E-state index contributed by atoms with van der Waals surface area (Å²) in [5, 5.41) is 0. The van der Waals surface area contributed by atoms with Gasteiger partial charge in [-0.25, -0.2) is 0 Å². The highest BCUT2D eigenvalue weighted by molar-refractivity contribution is 6.01. The topological polar surface area (TPSA) is 20.3 Å². The van der Waals surface area contributed by atoms with E-state index < -0.39 is 0 Å². The van der Waals surface area contributed by atoms with Gasteiger partial charge in [0, 0.05) is 17.7 Å². The summed E-state index contributed by atoms with van der Waals surface area (Å²) in [5.74, 6) is 0.169. The second-order valence-corrected chi connectivity index (χ2v) is 4.53. The second kappa shape index (κ2) is 3.37. The Morgan fingerprint density at radius 1 is 1.47 bits per heavy atom. The molecule has 1 heterocycles. The predicted molar refractivity (Wildman–Crippen MR) is 61.4 cm³/mol. The van der Waals surface area contributed by atoms with E-state index in [1.165, 1.54) is 0 Å². The van der Waals surface area contributed by atoms with Crippen LogP contribution in [0.2, 0.25) is 0 Å². The number of hydrogen-bond donors (Lipinski definition) is 0. The van der Waals surface area contributed by atoms with Gasteiger partial charge in [-0.05, 0) is 32.3 Å². The molecule has 80 valence electrons. The molecular weight excluding hydrogens is 186 g/mol. The molecule has 2 aliphatic rings. The third kappa shape index (κ3) is 1.54. The molecule has 1 saturated carbocycles. The Hall–Kier alpha value is -1.31. The third-order valence-electron chi connectivity index (χ3n) is 3.35. The number of amides is 1. The van der Waals surface area contributed by atoms with E-state index in [1.54, 1.807) is 6.08 Å². The fraction of sp³-hybridized carbons (Fsp3) is 0.462. The molecule has 0 aromatic heterocycles. The van der Waals surface area contributed by atoms with E-state index in [0.717, 1.165) is 30.5 Å². The molecule has 1 fully saturated rings. The predicted octanol–water partition coefficient (Wildman–Crippen LogP) is 2.44. The van der Waals surface area contributed by atoms with Crippen molar-refractivity contribution in [3.05, 3.63) is 36.0 Å². The summed E-state index contributed by atoms with van der Waals surface area (Å²) < 4.78 is 0. The van der Waals surface area contributed by atoms with Gasteiger partial charge in [-0.15, -0.1) is 0 Å². The minimum Gasteiger partial charge on any atom is -0.329 e. The number of rotatable bonds is 3. The van der Waals surface area contributed by atoms with Crippen molar-refractivity contribution in [1.82, 2.24) is 4.90 Å². The van der Waals surface area contributed by atoms with Crippen molar-refractivity contribution in [2.24, 2.45) is 0 Å². The average Bonchev–Trinajstić information content (AvgIpc) is 2.87. The normalized spacial score (nSPS) is 24.1. The highest BCUT2D eigenvalue weighted by atomic mass is 16.2. The van der Waals surface area contributed by atoms with Gasteiger partial charge in [0.2, 0.25) is 0 Å². The van der Waals surface area contributed by atoms with Crippen molar-refractivity contribution in [2.45, 2.75) is 32.2 Å². The molecule has 1 aliphatic heterocycles. The minimum absolute atomic E-state index is 0.120. The lowest BCUT2D eigenvalue weighted by Crippen LogP contribution is -2.37. The first-order chi connectivity index (χ1) is 7.12. The van der Waals surface area contributed by atoms with Crippen molar-refractivity contribution in [3.8, 4) is 0 Å². The standard InChI is InChI=1S/C13H17NO/c1-4-6-11-10(5-2)9-14(12(11)15)13(3)7-8-13/h4-6H,2,7-9H2,1,3H3/b6-4-. The van der Waals surface area contributed by atoms with Gasteiger partial charge in [-0.3, -0.25) is 4.79 Å². The zero-order valence-corrected chi connectivity index (χ0v) is 9.42. The quantitative estimate of drug-likeness (QED) is 0.690. The molecule has 0 aromatic carbocycles. The van der Waals surface area contributed by atoms with Crippen LogP contribution in [0.5, 0.6) is 0 Å². The Kier molecular flexibility index (Phi) is 2.29. The lowest BCUT2D eigenvalue weighted by Gasteiger charge is -2.24. The molecule has 0 unspecified atom stereocenters. The van der Waals surface area contributed by atoms with Crippen LogP contribution in [0.1, 0.15) is 26.7 Å². The van der Waals surface area contributed by atoms with Gasteiger partial charge in [-0.1, -0.05) is 24.8 Å². The van der Waals surface area contributed by atoms with Crippen molar-refractivity contribution in [2.75, 3.05) is 6.54 Å². The average molecular weight is 203 g/mol. The maximum Gasteiger partial charge on any atom is 0.254 e. The van der Waals surface area contributed by atoms with E-state index in [9.17, 15) is 4.79 Å². The molecule has 0 bridgehead atoms. The van der Waals surface area contributed by atoms with Crippen LogP contribution in [-0.4, -0.2) is 22.9 Å². The maximum absolute atomic E-state index is 12.1. The summed E-state index contributed by atoms with van der Waals surface area (Å²) in [4.78, 5) is 14.1. The first-order valence-corrected chi connectivity index (χ1v) is 5.42. The van der Waals surface area contributed by atoms with Gasteiger partial charge >= 0.3 is 0 Å². The number of nitrogens with zero attached hydrogens (tertiary/aromatic N) is 1. The molecule has 0 N–H and O–H groups in total. The summed E-state index contributed by atoms with van der Waals surface area (Å²) >= 11 is 0. The number of carbonyl (C=O) groups excluding carboxylic acids is 1. The Morgan fingerprint density at radius 3 is 2.60 bits per heavy atom. The van der Waals surface area contributed by atoms with E-state index in [4.69, 9.17) is 0 Å². The van der Waals surface area contributed by atoms with Crippen LogP contribution in [0.3, 0.4) is 0 Å². The highest BCUT2D eigenvalue weighted by Gasteiger charge is 2.48. The van der Waals surface area contributed by atoms with Crippen molar-refractivity contribution >= 4 is 5.91 Å². The van der Waals surface area contributed by atoms with Crippen LogP contribution in [0, 0.1) is 0 Å². The van der Waals surface area contributed by atoms with Crippen LogP contribution in [-0.2, 0) is 4.79 Å². The molecule has 0 spiro atoms. The van der Waals surface area contributed by atoms with Gasteiger partial charge in [0.1, 0.15) is 0 Å². The van der Waals surface area contributed by atoms with E-state index in [0.29, 0.717) is 0 Å². The minimum atomic E-state index is 0.120. The number of allylic oxidation sites excluding steroid dienone is 1. The third-order valence-corrected chi connectivity index (χ3v) is 3.35. The Morgan fingerprint density at radius 2 is 2.13 bits per heavy atom. The number of carbonyl (C=O) groups is 1. The summed E-state index contributed by atoms with van der Waals surface area (Å²) in [6, 6.07) is 0. The first kappa shape index (κ1) is 10.2. The van der Waals surface area contributed by atoms with E-state index in [2.05, 4.69) is 13.5 Å². The summed E-state index contributed by atoms with van der Waals surface area (Å²) in [7, 11) is 0. The van der Waals surface area contributed by atoms with Gasteiger partial charge in [0.25, 0.3) is 5.91 Å². The monoisotopic (exact) mass is 203 g/mol. The summed E-state index contributed by atoms with van der Waals surface area (Å²) in [6.07, 6.45) is 7.87. The smallest absolute Gasteiger partial charge is 0.254 e. The van der Waals surface area contributed by atoms with E-state index in [1.807, 2.05) is 24.0 Å². The Bertz CT molecular complexity index is 372. The summed E-state index contributed by atoms with van der Waals surface area (Å²) in [5.41, 5.74) is 2.00. The highest BCUT2D eigenvalue weighted by Crippen LogP contribution is 2.44. The second-order valence-electron chi connectivity index (χ2n) is 4.53. The Labute approximate surface area is 91.0 Å². The lowest BCUT2D eigenvalue weighted by atomic mass is 10.1. The molecule has 0 atom stereocenters. The fourth-order valence-corrected chi connectivity index (χ4v) is 2.02. The van der Waals surface area contributed by atoms with Gasteiger partial charge in [0.15, 0.2) is 0 Å². The fourth-order valence-electron chi connectivity index (χ4n) is 2.02. The largest absolute Gasteiger partial charge is 0.329 e. The van der Waals surface area contributed by atoms with Crippen molar-refractivity contribution in [1.29, 1.82) is 0 Å². The lowest BCUT2D eigenvalue weighted by molar-refractivity contribution is -0.127. The van der Waals surface area contributed by atoms with Crippen LogP contribution < -0.4 is 0 Å². The van der Waals surface area contributed by atoms with Crippen molar-refractivity contribution < 1.29 is 4.79 Å².